The van der Waals surface area contributed by atoms with E-state index in [1.165, 1.54) is 6.92 Å². The highest BCUT2D eigenvalue weighted by molar-refractivity contribution is 5.76. The van der Waals surface area contributed by atoms with Gasteiger partial charge in [0.05, 0.1) is 12.7 Å². The average Bonchev–Trinajstić information content (AvgIpc) is 2.72. The molecule has 1 N–H and O–H groups in total. The Morgan fingerprint density at radius 3 is 2.91 bits per heavy atom. The van der Waals surface area contributed by atoms with E-state index in [1.54, 1.807) is 0 Å². The molecule has 0 saturated carbocycles. The second kappa shape index (κ2) is 8.73. The molecule has 0 unspecified atom stereocenters. The van der Waals surface area contributed by atoms with E-state index < -0.39 is 0 Å². The first-order chi connectivity index (χ1) is 10.6. The van der Waals surface area contributed by atoms with Crippen molar-refractivity contribution in [3.63, 3.8) is 0 Å². The van der Waals surface area contributed by atoms with Crippen LogP contribution in [0.3, 0.4) is 0 Å². The van der Waals surface area contributed by atoms with E-state index in [1.807, 2.05) is 19.1 Å². The summed E-state index contributed by atoms with van der Waals surface area (Å²) >= 11 is 0. The van der Waals surface area contributed by atoms with E-state index in [0.29, 0.717) is 26.7 Å². The van der Waals surface area contributed by atoms with E-state index in [0.717, 1.165) is 17.9 Å². The molecular formula is C16H24N2O4. The molecule has 122 valence electrons. The molecule has 0 radical (unpaired) electrons. The van der Waals surface area contributed by atoms with Gasteiger partial charge in [0.25, 0.3) is 0 Å². The molecule has 0 bridgehead atoms. The van der Waals surface area contributed by atoms with Crippen molar-refractivity contribution in [2.24, 2.45) is 0 Å². The van der Waals surface area contributed by atoms with Crippen molar-refractivity contribution in [1.29, 1.82) is 0 Å². The normalized spacial score (nSPS) is 18.8. The number of ether oxygens (including phenoxy) is 3. The molecule has 2 rings (SSSR count). The lowest BCUT2D eigenvalue weighted by Crippen LogP contribution is -2.30. The van der Waals surface area contributed by atoms with Gasteiger partial charge in [-0.2, -0.15) is 0 Å². The van der Waals surface area contributed by atoms with Gasteiger partial charge in [0.15, 0.2) is 5.78 Å². The van der Waals surface area contributed by atoms with Crippen LogP contribution in [-0.4, -0.2) is 51.7 Å². The van der Waals surface area contributed by atoms with Crippen molar-refractivity contribution in [1.82, 2.24) is 0 Å². The van der Waals surface area contributed by atoms with Gasteiger partial charge in [-0.15, -0.1) is 0 Å². The number of ketones is 1. The number of benzene rings is 1. The van der Waals surface area contributed by atoms with Crippen LogP contribution in [0.2, 0.25) is 0 Å². The van der Waals surface area contributed by atoms with Gasteiger partial charge in [0.2, 0.25) is 0 Å². The first-order valence-electron chi connectivity index (χ1n) is 7.50. The largest absolute Gasteiger partial charge is 0.383 e. The number of carbonyl (C=O) groups excluding carboxylic acids is 1. The van der Waals surface area contributed by atoms with E-state index >= 15 is 0 Å². The Bertz CT molecular complexity index is 464. The van der Waals surface area contributed by atoms with Crippen molar-refractivity contribution in [3.05, 3.63) is 24.3 Å². The predicted octanol–water partition coefficient (Wildman–Crippen LogP) is 1.86. The van der Waals surface area contributed by atoms with E-state index in [4.69, 9.17) is 14.2 Å². The maximum absolute atomic E-state index is 10.7. The van der Waals surface area contributed by atoms with Crippen LogP contribution >= 0.6 is 0 Å². The molecule has 1 saturated heterocycles. The molecule has 6 nitrogen and oxygen atoms in total. The monoisotopic (exact) mass is 308 g/mol. The molecule has 1 heterocycles. The number of Topliss-reactive ketones (excluding diaryl/α,β-unsaturated/α-hetero) is 1. The summed E-state index contributed by atoms with van der Waals surface area (Å²) < 4.78 is 16.1. The topological polar surface area (TPSA) is 60.0 Å². The molecule has 0 aromatic heterocycles. The van der Waals surface area contributed by atoms with Crippen molar-refractivity contribution in [2.45, 2.75) is 20.0 Å². The zero-order chi connectivity index (χ0) is 15.8. The van der Waals surface area contributed by atoms with Gasteiger partial charge < -0.3 is 24.4 Å². The molecule has 6 heteroatoms. The van der Waals surface area contributed by atoms with E-state index in [9.17, 15) is 4.79 Å². The van der Waals surface area contributed by atoms with Crippen LogP contribution in [-0.2, 0) is 19.0 Å². The Morgan fingerprint density at radius 2 is 2.18 bits per heavy atom. The highest BCUT2D eigenvalue weighted by atomic mass is 16.7. The van der Waals surface area contributed by atoms with Crippen LogP contribution < -0.4 is 10.2 Å². The lowest BCUT2D eigenvalue weighted by molar-refractivity contribution is -0.121. The van der Waals surface area contributed by atoms with Gasteiger partial charge in [-0.1, -0.05) is 0 Å². The third kappa shape index (κ3) is 5.63. The molecular weight excluding hydrogens is 284 g/mol. The molecule has 1 atom stereocenters. The van der Waals surface area contributed by atoms with Crippen molar-refractivity contribution in [2.75, 3.05) is 50.0 Å². The summed E-state index contributed by atoms with van der Waals surface area (Å²) in [6, 6.07) is 8.16. The fourth-order valence-electron chi connectivity index (χ4n) is 2.18. The fourth-order valence-corrected chi connectivity index (χ4v) is 2.18. The van der Waals surface area contributed by atoms with Crippen LogP contribution in [0.15, 0.2) is 24.3 Å². The summed E-state index contributed by atoms with van der Waals surface area (Å²) in [4.78, 5) is 12.9. The lowest BCUT2D eigenvalue weighted by Gasteiger charge is -2.23. The quantitative estimate of drug-likeness (QED) is 0.776. The predicted molar refractivity (Wildman–Crippen MR) is 85.1 cm³/mol. The second-order valence-corrected chi connectivity index (χ2v) is 5.38. The van der Waals surface area contributed by atoms with Crippen LogP contribution in [0.4, 0.5) is 11.4 Å². The van der Waals surface area contributed by atoms with Crippen molar-refractivity contribution >= 4 is 17.2 Å². The number of hydrogen-bond donors (Lipinski definition) is 1. The maximum atomic E-state index is 10.7. The summed E-state index contributed by atoms with van der Waals surface area (Å²) in [5.74, 6) is 0.0437. The number of nitrogens with zero attached hydrogens (tertiary/aromatic N) is 1. The first kappa shape index (κ1) is 16.7. The lowest BCUT2D eigenvalue weighted by atomic mass is 10.2. The zero-order valence-corrected chi connectivity index (χ0v) is 13.2. The van der Waals surface area contributed by atoms with Gasteiger partial charge >= 0.3 is 0 Å². The summed E-state index contributed by atoms with van der Waals surface area (Å²) in [6.07, 6.45) is 0.152. The molecule has 0 spiro atoms. The highest BCUT2D eigenvalue weighted by Crippen LogP contribution is 2.19. The average molecular weight is 308 g/mol. The molecule has 22 heavy (non-hydrogen) atoms. The molecule has 1 aromatic carbocycles. The minimum absolute atomic E-state index is 0.0437. The third-order valence-electron chi connectivity index (χ3n) is 3.27. The first-order valence-corrected chi connectivity index (χ1v) is 7.50. The third-order valence-corrected chi connectivity index (χ3v) is 3.27. The van der Waals surface area contributed by atoms with E-state index in [2.05, 4.69) is 22.3 Å². The fraction of sp³-hybridized carbons (Fsp3) is 0.562. The van der Waals surface area contributed by atoms with Gasteiger partial charge in [0.1, 0.15) is 20.1 Å². The Hall–Kier alpha value is -1.63. The molecule has 1 aliphatic heterocycles. The number of anilines is 2. The Morgan fingerprint density at radius 1 is 1.41 bits per heavy atom. The molecule has 1 fully saturated rings. The van der Waals surface area contributed by atoms with Crippen LogP contribution in [0, 0.1) is 0 Å². The summed E-state index contributed by atoms with van der Waals surface area (Å²) in [5.41, 5.74) is 2.13. The number of hydrogen-bond acceptors (Lipinski definition) is 6. The molecule has 0 amide bonds. The summed E-state index contributed by atoms with van der Waals surface area (Å²) in [6.45, 7) is 6.61. The Kier molecular flexibility index (Phi) is 6.64. The van der Waals surface area contributed by atoms with Crippen molar-refractivity contribution < 1.29 is 19.0 Å². The molecule has 1 aromatic rings. The Labute approximate surface area is 131 Å². The highest BCUT2D eigenvalue weighted by Gasteiger charge is 2.15. The van der Waals surface area contributed by atoms with Gasteiger partial charge in [-0.25, -0.2) is 0 Å². The van der Waals surface area contributed by atoms with Crippen LogP contribution in [0.5, 0.6) is 0 Å². The molecule has 0 aliphatic carbocycles. The maximum Gasteiger partial charge on any atom is 0.155 e. The second-order valence-electron chi connectivity index (χ2n) is 5.38. The van der Waals surface area contributed by atoms with Crippen LogP contribution in [0.25, 0.3) is 0 Å². The van der Waals surface area contributed by atoms with Gasteiger partial charge in [0, 0.05) is 24.5 Å². The van der Waals surface area contributed by atoms with Crippen LogP contribution in [0.1, 0.15) is 13.8 Å². The summed E-state index contributed by atoms with van der Waals surface area (Å²) in [7, 11) is 0. The van der Waals surface area contributed by atoms with Crippen molar-refractivity contribution in [3.8, 4) is 0 Å². The van der Waals surface area contributed by atoms with E-state index in [-0.39, 0.29) is 18.5 Å². The van der Waals surface area contributed by atoms with Gasteiger partial charge in [-0.05, 0) is 38.1 Å². The van der Waals surface area contributed by atoms with Gasteiger partial charge in [-0.3, -0.25) is 4.79 Å². The summed E-state index contributed by atoms with van der Waals surface area (Å²) in [5, 5.41) is 3.26. The SMILES string of the molecule is CC(=O)COCCNc1ccc(N2COCO[C@@H](C)C2)cc1. The minimum Gasteiger partial charge on any atom is -0.383 e. The standard InChI is InChI=1S/C16H24N2O4/c1-13(19)10-20-8-7-17-15-3-5-16(6-4-15)18-9-14(2)22-12-21-11-18/h3-6,14,17H,7-12H2,1-2H3/t14-/m0/s1. The smallest absolute Gasteiger partial charge is 0.155 e. The number of rotatable bonds is 7. The Balaban J connectivity index is 1.78. The number of carbonyl (C=O) groups is 1. The number of nitrogens with one attached hydrogen (secondary N) is 1. The molecule has 1 aliphatic rings. The zero-order valence-electron chi connectivity index (χ0n) is 13.2. The minimum atomic E-state index is 0.0437.